The van der Waals surface area contributed by atoms with Gasteiger partial charge in [-0.2, -0.15) is 12.6 Å². The summed E-state index contributed by atoms with van der Waals surface area (Å²) < 4.78 is 5.45. The van der Waals surface area contributed by atoms with Gasteiger partial charge in [0.2, 0.25) is 0 Å². The van der Waals surface area contributed by atoms with E-state index >= 15 is 0 Å². The van der Waals surface area contributed by atoms with Gasteiger partial charge in [0.15, 0.2) is 0 Å². The average molecular weight is 233 g/mol. The molecule has 0 aliphatic carbocycles. The third kappa shape index (κ3) is 9.21. The van der Waals surface area contributed by atoms with Crippen LogP contribution in [0.25, 0.3) is 0 Å². The van der Waals surface area contributed by atoms with Gasteiger partial charge in [-0.3, -0.25) is 4.90 Å². The molecule has 0 aliphatic heterocycles. The second kappa shape index (κ2) is 10.8. The first-order valence-electron chi connectivity index (χ1n) is 6.15. The number of hydrogen-bond acceptors (Lipinski definition) is 3. The lowest BCUT2D eigenvalue weighted by Crippen LogP contribution is -2.34. The fourth-order valence-corrected chi connectivity index (χ4v) is 1.67. The lowest BCUT2D eigenvalue weighted by Gasteiger charge is -2.26. The number of hydrogen-bond donors (Lipinski definition) is 1. The Kier molecular flexibility index (Phi) is 11.0. The van der Waals surface area contributed by atoms with Crippen LogP contribution in [0.3, 0.4) is 0 Å². The zero-order valence-electron chi connectivity index (χ0n) is 10.5. The molecule has 0 bridgehead atoms. The van der Waals surface area contributed by atoms with Crippen LogP contribution in [-0.2, 0) is 4.74 Å². The van der Waals surface area contributed by atoms with Crippen LogP contribution in [0, 0.1) is 0 Å². The Morgan fingerprint density at radius 2 is 1.87 bits per heavy atom. The van der Waals surface area contributed by atoms with Crippen molar-refractivity contribution in [2.45, 2.75) is 46.1 Å². The van der Waals surface area contributed by atoms with Crippen molar-refractivity contribution in [3.63, 3.8) is 0 Å². The summed E-state index contributed by atoms with van der Waals surface area (Å²) in [4.78, 5) is 2.49. The highest BCUT2D eigenvalue weighted by Gasteiger charge is 2.07. The van der Waals surface area contributed by atoms with Crippen molar-refractivity contribution in [3.05, 3.63) is 0 Å². The Morgan fingerprint density at radius 1 is 1.13 bits per heavy atom. The summed E-state index contributed by atoms with van der Waals surface area (Å²) in [7, 11) is 0. The van der Waals surface area contributed by atoms with Gasteiger partial charge in [0, 0.05) is 18.3 Å². The smallest absolute Gasteiger partial charge is 0.0593 e. The van der Waals surface area contributed by atoms with Crippen molar-refractivity contribution in [2.75, 3.05) is 32.1 Å². The van der Waals surface area contributed by atoms with E-state index in [1.807, 2.05) is 0 Å². The fraction of sp³-hybridized carbons (Fsp3) is 1.00. The normalized spacial score (nSPS) is 11.6. The van der Waals surface area contributed by atoms with Crippen LogP contribution in [0.2, 0.25) is 0 Å². The number of unbranched alkanes of at least 4 members (excludes halogenated alkanes) is 2. The van der Waals surface area contributed by atoms with Crippen LogP contribution in [0.15, 0.2) is 0 Å². The molecule has 0 fully saturated rings. The SMILES string of the molecule is CCCCCN(CCOCCS)C(C)C. The van der Waals surface area contributed by atoms with E-state index in [1.165, 1.54) is 25.8 Å². The zero-order chi connectivity index (χ0) is 11.5. The van der Waals surface area contributed by atoms with E-state index in [1.54, 1.807) is 0 Å². The number of ether oxygens (including phenoxy) is 1. The van der Waals surface area contributed by atoms with E-state index in [-0.39, 0.29) is 0 Å². The van der Waals surface area contributed by atoms with Gasteiger partial charge in [0.1, 0.15) is 0 Å². The molecule has 2 nitrogen and oxygen atoms in total. The van der Waals surface area contributed by atoms with Gasteiger partial charge in [-0.15, -0.1) is 0 Å². The van der Waals surface area contributed by atoms with Gasteiger partial charge >= 0.3 is 0 Å². The van der Waals surface area contributed by atoms with Crippen LogP contribution in [-0.4, -0.2) is 43.0 Å². The third-order valence-corrected chi connectivity index (χ3v) is 2.72. The summed E-state index contributed by atoms with van der Waals surface area (Å²) in [6.07, 6.45) is 3.93. The van der Waals surface area contributed by atoms with Gasteiger partial charge in [0.25, 0.3) is 0 Å². The maximum atomic E-state index is 5.45. The van der Waals surface area contributed by atoms with Gasteiger partial charge in [-0.25, -0.2) is 0 Å². The van der Waals surface area contributed by atoms with Gasteiger partial charge < -0.3 is 4.74 Å². The molecule has 3 heteroatoms. The molecule has 0 spiro atoms. The lowest BCUT2D eigenvalue weighted by atomic mass is 10.2. The highest BCUT2D eigenvalue weighted by atomic mass is 32.1. The molecule has 0 aromatic heterocycles. The zero-order valence-corrected chi connectivity index (χ0v) is 11.4. The topological polar surface area (TPSA) is 12.5 Å². The van der Waals surface area contributed by atoms with E-state index in [9.17, 15) is 0 Å². The molecule has 0 amide bonds. The second-order valence-electron chi connectivity index (χ2n) is 4.17. The number of rotatable bonds is 10. The lowest BCUT2D eigenvalue weighted by molar-refractivity contribution is 0.101. The van der Waals surface area contributed by atoms with Crippen LogP contribution in [0.1, 0.15) is 40.0 Å². The maximum Gasteiger partial charge on any atom is 0.0593 e. The summed E-state index contributed by atoms with van der Waals surface area (Å²) >= 11 is 4.12. The second-order valence-corrected chi connectivity index (χ2v) is 4.62. The number of nitrogens with zero attached hydrogens (tertiary/aromatic N) is 1. The molecule has 0 rings (SSSR count). The summed E-state index contributed by atoms with van der Waals surface area (Å²) in [6, 6.07) is 0.626. The van der Waals surface area contributed by atoms with E-state index in [4.69, 9.17) is 4.74 Å². The molecular formula is C12H27NOS. The molecule has 0 N–H and O–H groups in total. The molecule has 0 heterocycles. The first kappa shape index (κ1) is 15.3. The summed E-state index contributed by atoms with van der Waals surface area (Å²) in [5.74, 6) is 0.817. The van der Waals surface area contributed by atoms with Gasteiger partial charge in [-0.05, 0) is 26.8 Å². The van der Waals surface area contributed by atoms with Gasteiger partial charge in [-0.1, -0.05) is 19.8 Å². The van der Waals surface area contributed by atoms with Crippen molar-refractivity contribution in [1.82, 2.24) is 4.90 Å². The molecule has 0 saturated heterocycles. The Hall–Kier alpha value is 0.270. The third-order valence-electron chi connectivity index (χ3n) is 2.54. The first-order chi connectivity index (χ1) is 7.22. The molecular weight excluding hydrogens is 206 g/mol. The van der Waals surface area contributed by atoms with Crippen molar-refractivity contribution in [2.24, 2.45) is 0 Å². The quantitative estimate of drug-likeness (QED) is 0.460. The molecule has 0 radical (unpaired) electrons. The van der Waals surface area contributed by atoms with E-state index in [0.29, 0.717) is 6.04 Å². The molecule has 15 heavy (non-hydrogen) atoms. The van der Waals surface area contributed by atoms with Crippen LogP contribution >= 0.6 is 12.6 Å². The number of thiol groups is 1. The highest BCUT2D eigenvalue weighted by molar-refractivity contribution is 7.80. The first-order valence-corrected chi connectivity index (χ1v) is 6.78. The predicted octanol–water partition coefficient (Wildman–Crippen LogP) is 2.83. The fourth-order valence-electron chi connectivity index (χ4n) is 1.54. The molecule has 92 valence electrons. The van der Waals surface area contributed by atoms with Crippen molar-refractivity contribution >= 4 is 12.6 Å². The molecule has 0 atom stereocenters. The molecule has 0 aliphatic rings. The minimum absolute atomic E-state index is 0.626. The van der Waals surface area contributed by atoms with Gasteiger partial charge in [0.05, 0.1) is 13.2 Å². The Balaban J connectivity index is 3.54. The van der Waals surface area contributed by atoms with Crippen LogP contribution < -0.4 is 0 Å². The Morgan fingerprint density at radius 3 is 2.40 bits per heavy atom. The minimum Gasteiger partial charge on any atom is -0.379 e. The van der Waals surface area contributed by atoms with E-state index < -0.39 is 0 Å². The van der Waals surface area contributed by atoms with Crippen molar-refractivity contribution < 1.29 is 4.74 Å². The molecule has 0 saturated carbocycles. The van der Waals surface area contributed by atoms with Crippen molar-refractivity contribution in [3.8, 4) is 0 Å². The maximum absolute atomic E-state index is 5.45. The Bertz CT molecular complexity index is 131. The molecule has 0 aromatic carbocycles. The summed E-state index contributed by atoms with van der Waals surface area (Å²) in [6.45, 7) is 10.6. The molecule has 0 aromatic rings. The van der Waals surface area contributed by atoms with Crippen LogP contribution in [0.5, 0.6) is 0 Å². The highest BCUT2D eigenvalue weighted by Crippen LogP contribution is 2.03. The predicted molar refractivity (Wildman–Crippen MR) is 70.9 cm³/mol. The van der Waals surface area contributed by atoms with E-state index in [0.717, 1.165) is 25.5 Å². The van der Waals surface area contributed by atoms with E-state index in [2.05, 4.69) is 38.3 Å². The Labute approximate surface area is 101 Å². The average Bonchev–Trinajstić information content (AvgIpc) is 2.21. The largest absolute Gasteiger partial charge is 0.379 e. The minimum atomic E-state index is 0.626. The van der Waals surface area contributed by atoms with Crippen molar-refractivity contribution in [1.29, 1.82) is 0 Å². The van der Waals surface area contributed by atoms with Crippen LogP contribution in [0.4, 0.5) is 0 Å². The summed E-state index contributed by atoms with van der Waals surface area (Å²) in [5, 5.41) is 0. The standard InChI is InChI=1S/C12H27NOS/c1-4-5-6-7-13(12(2)3)8-9-14-10-11-15/h12,15H,4-11H2,1-3H3. The summed E-state index contributed by atoms with van der Waals surface area (Å²) in [5.41, 5.74) is 0. The monoisotopic (exact) mass is 233 g/mol. The molecule has 0 unspecified atom stereocenters.